The predicted octanol–water partition coefficient (Wildman–Crippen LogP) is 2.44. The molecule has 0 bridgehead atoms. The second-order valence-electron chi connectivity index (χ2n) is 6.36. The van der Waals surface area contributed by atoms with Crippen molar-refractivity contribution in [1.29, 1.82) is 0 Å². The molecule has 1 aliphatic heterocycles. The van der Waals surface area contributed by atoms with Crippen LogP contribution in [0.2, 0.25) is 0 Å². The molecule has 0 radical (unpaired) electrons. The van der Waals surface area contributed by atoms with Crippen molar-refractivity contribution in [2.75, 3.05) is 16.8 Å². The molecule has 28 heavy (non-hydrogen) atoms. The Morgan fingerprint density at radius 3 is 2.43 bits per heavy atom. The first-order valence-corrected chi connectivity index (χ1v) is 8.92. The fourth-order valence-electron chi connectivity index (χ4n) is 3.02. The molecule has 0 saturated carbocycles. The van der Waals surface area contributed by atoms with Crippen molar-refractivity contribution in [3.05, 3.63) is 66.5 Å². The van der Waals surface area contributed by atoms with E-state index < -0.39 is 0 Å². The third-order valence-electron chi connectivity index (χ3n) is 4.45. The van der Waals surface area contributed by atoms with E-state index in [0.717, 1.165) is 29.9 Å². The van der Waals surface area contributed by atoms with Crippen LogP contribution >= 0.6 is 0 Å². The lowest BCUT2D eigenvalue weighted by Gasteiger charge is -2.15. The van der Waals surface area contributed by atoms with Crippen LogP contribution in [0, 0.1) is 0 Å². The summed E-state index contributed by atoms with van der Waals surface area (Å²) in [6, 6.07) is 14.8. The average Bonchev–Trinajstić information content (AvgIpc) is 3.39. The van der Waals surface area contributed by atoms with Crippen molar-refractivity contribution < 1.29 is 9.59 Å². The van der Waals surface area contributed by atoms with E-state index >= 15 is 0 Å². The summed E-state index contributed by atoms with van der Waals surface area (Å²) >= 11 is 0. The summed E-state index contributed by atoms with van der Waals surface area (Å²) in [7, 11) is 0. The predicted molar refractivity (Wildman–Crippen MR) is 105 cm³/mol. The Kier molecular flexibility index (Phi) is 4.92. The molecule has 4 rings (SSSR count). The minimum absolute atomic E-state index is 0.161. The summed E-state index contributed by atoms with van der Waals surface area (Å²) in [6.45, 7) is 0.767. The summed E-state index contributed by atoms with van der Waals surface area (Å²) < 4.78 is 1.53. The zero-order valence-electron chi connectivity index (χ0n) is 15.0. The Balaban J connectivity index is 1.35. The molecule has 1 fully saturated rings. The van der Waals surface area contributed by atoms with Crippen LogP contribution in [0.15, 0.2) is 60.9 Å². The zero-order chi connectivity index (χ0) is 19.3. The van der Waals surface area contributed by atoms with Gasteiger partial charge in [-0.3, -0.25) is 9.59 Å². The number of nitrogens with zero attached hydrogens (tertiary/aromatic N) is 5. The summed E-state index contributed by atoms with van der Waals surface area (Å²) in [5, 5.41) is 13.8. The van der Waals surface area contributed by atoms with Gasteiger partial charge in [0.1, 0.15) is 6.33 Å². The molecule has 0 aliphatic carbocycles. The third kappa shape index (κ3) is 3.96. The minimum atomic E-state index is -0.228. The monoisotopic (exact) mass is 374 g/mol. The number of carbonyl (C=O) groups is 2. The summed E-state index contributed by atoms with van der Waals surface area (Å²) in [6.07, 6.45) is 6.22. The second kappa shape index (κ2) is 7.83. The van der Waals surface area contributed by atoms with E-state index in [9.17, 15) is 9.59 Å². The van der Waals surface area contributed by atoms with Crippen LogP contribution in [-0.2, 0) is 9.59 Å². The summed E-state index contributed by atoms with van der Waals surface area (Å²) in [5.41, 5.74) is 3.26. The Morgan fingerprint density at radius 2 is 1.79 bits per heavy atom. The first-order chi connectivity index (χ1) is 13.7. The van der Waals surface area contributed by atoms with Gasteiger partial charge in [0.15, 0.2) is 0 Å². The second-order valence-corrected chi connectivity index (χ2v) is 6.36. The molecule has 140 valence electrons. The number of anilines is 2. The maximum absolute atomic E-state index is 12.1. The molecule has 2 heterocycles. The van der Waals surface area contributed by atoms with Crippen LogP contribution in [0.4, 0.5) is 11.4 Å². The standard InChI is InChI=1S/C20H18N6O2/c27-19(22-16-6-10-18(11-7-16)26-14-21-23-24-26)12-5-15-3-8-17(9-4-15)25-13-1-2-20(25)28/h3-12,14H,1-2,13H2,(H,22,27)/b12-5+. The highest BCUT2D eigenvalue weighted by Gasteiger charge is 2.21. The maximum atomic E-state index is 12.1. The molecular weight excluding hydrogens is 356 g/mol. The van der Waals surface area contributed by atoms with Gasteiger partial charge < -0.3 is 10.2 Å². The number of carbonyl (C=O) groups excluding carboxylic acids is 2. The van der Waals surface area contributed by atoms with E-state index in [4.69, 9.17) is 0 Å². The number of hydrogen-bond acceptors (Lipinski definition) is 5. The van der Waals surface area contributed by atoms with Gasteiger partial charge >= 0.3 is 0 Å². The molecule has 0 spiro atoms. The molecule has 3 aromatic rings. The van der Waals surface area contributed by atoms with Crippen molar-refractivity contribution >= 4 is 29.3 Å². The highest BCUT2D eigenvalue weighted by atomic mass is 16.2. The van der Waals surface area contributed by atoms with Gasteiger partial charge in [0.25, 0.3) is 0 Å². The van der Waals surface area contributed by atoms with Gasteiger partial charge in [-0.15, -0.1) is 5.10 Å². The average molecular weight is 374 g/mol. The number of rotatable bonds is 5. The molecule has 2 amide bonds. The Bertz CT molecular complexity index is 994. The smallest absolute Gasteiger partial charge is 0.248 e. The van der Waals surface area contributed by atoms with Crippen LogP contribution in [0.3, 0.4) is 0 Å². The molecular formula is C20H18N6O2. The highest BCUT2D eigenvalue weighted by molar-refractivity contribution is 6.02. The SMILES string of the molecule is O=C(/C=C/c1ccc(N2CCCC2=O)cc1)Nc1ccc(-n2cnnn2)cc1. The molecule has 1 aliphatic rings. The third-order valence-corrected chi connectivity index (χ3v) is 4.45. The Hall–Kier alpha value is -3.81. The van der Waals surface area contributed by atoms with Crippen molar-refractivity contribution in [3.8, 4) is 5.69 Å². The topological polar surface area (TPSA) is 93.0 Å². The fraction of sp³-hybridized carbons (Fsp3) is 0.150. The number of amides is 2. The molecule has 2 aromatic carbocycles. The van der Waals surface area contributed by atoms with Crippen molar-refractivity contribution in [2.24, 2.45) is 0 Å². The van der Waals surface area contributed by atoms with Gasteiger partial charge in [0, 0.05) is 30.4 Å². The number of tetrazole rings is 1. The minimum Gasteiger partial charge on any atom is -0.323 e. The lowest BCUT2D eigenvalue weighted by molar-refractivity contribution is -0.117. The molecule has 0 unspecified atom stereocenters. The molecule has 0 atom stereocenters. The Labute approximate surface area is 161 Å². The van der Waals surface area contributed by atoms with E-state index in [0.29, 0.717) is 12.1 Å². The largest absolute Gasteiger partial charge is 0.323 e. The fourth-order valence-corrected chi connectivity index (χ4v) is 3.02. The van der Waals surface area contributed by atoms with Crippen LogP contribution in [-0.4, -0.2) is 38.6 Å². The quantitative estimate of drug-likeness (QED) is 0.693. The van der Waals surface area contributed by atoms with Gasteiger partial charge in [-0.25, -0.2) is 4.68 Å². The van der Waals surface area contributed by atoms with E-state index in [-0.39, 0.29) is 11.8 Å². The van der Waals surface area contributed by atoms with E-state index in [2.05, 4.69) is 20.8 Å². The van der Waals surface area contributed by atoms with Crippen LogP contribution in [0.5, 0.6) is 0 Å². The number of hydrogen-bond donors (Lipinski definition) is 1. The van der Waals surface area contributed by atoms with Gasteiger partial charge in [0.2, 0.25) is 11.8 Å². The lowest BCUT2D eigenvalue weighted by atomic mass is 10.2. The van der Waals surface area contributed by atoms with Crippen molar-refractivity contribution in [2.45, 2.75) is 12.8 Å². The van der Waals surface area contributed by atoms with E-state index in [1.807, 2.05) is 36.4 Å². The number of benzene rings is 2. The van der Waals surface area contributed by atoms with E-state index in [1.54, 1.807) is 23.1 Å². The highest BCUT2D eigenvalue weighted by Crippen LogP contribution is 2.22. The zero-order valence-corrected chi connectivity index (χ0v) is 15.0. The van der Waals surface area contributed by atoms with Gasteiger partial charge in [0.05, 0.1) is 5.69 Å². The van der Waals surface area contributed by atoms with Crippen LogP contribution < -0.4 is 10.2 Å². The van der Waals surface area contributed by atoms with Crippen LogP contribution in [0.25, 0.3) is 11.8 Å². The number of nitrogens with one attached hydrogen (secondary N) is 1. The lowest BCUT2D eigenvalue weighted by Crippen LogP contribution is -2.23. The molecule has 1 aromatic heterocycles. The summed E-state index contributed by atoms with van der Waals surface area (Å²) in [5.74, 6) is -0.0669. The van der Waals surface area contributed by atoms with Crippen LogP contribution in [0.1, 0.15) is 18.4 Å². The first-order valence-electron chi connectivity index (χ1n) is 8.92. The molecule has 8 heteroatoms. The van der Waals surface area contributed by atoms with E-state index in [1.165, 1.54) is 17.1 Å². The molecule has 8 nitrogen and oxygen atoms in total. The maximum Gasteiger partial charge on any atom is 0.248 e. The van der Waals surface area contributed by atoms with Crippen molar-refractivity contribution in [3.63, 3.8) is 0 Å². The van der Waals surface area contributed by atoms with Gasteiger partial charge in [-0.1, -0.05) is 12.1 Å². The van der Waals surface area contributed by atoms with Gasteiger partial charge in [-0.2, -0.15) is 0 Å². The molecule has 1 N–H and O–H groups in total. The Morgan fingerprint density at radius 1 is 1.04 bits per heavy atom. The number of aromatic nitrogens is 4. The van der Waals surface area contributed by atoms with Crippen molar-refractivity contribution in [1.82, 2.24) is 20.2 Å². The molecule has 1 saturated heterocycles. The normalized spacial score (nSPS) is 14.0. The summed E-state index contributed by atoms with van der Waals surface area (Å²) in [4.78, 5) is 25.7. The van der Waals surface area contributed by atoms with Gasteiger partial charge in [-0.05, 0) is 64.9 Å². The first kappa shape index (κ1) is 17.6.